The molecule has 0 saturated heterocycles. The van der Waals surface area contributed by atoms with Crippen molar-refractivity contribution in [3.05, 3.63) is 58.1 Å². The van der Waals surface area contributed by atoms with Crippen LogP contribution < -0.4 is 5.32 Å². The lowest BCUT2D eigenvalue weighted by molar-refractivity contribution is 0.102. The van der Waals surface area contributed by atoms with Gasteiger partial charge in [0.15, 0.2) is 0 Å². The van der Waals surface area contributed by atoms with Gasteiger partial charge >= 0.3 is 0 Å². The highest BCUT2D eigenvalue weighted by atomic mass is 35.5. The van der Waals surface area contributed by atoms with Crippen molar-refractivity contribution in [1.82, 2.24) is 0 Å². The van der Waals surface area contributed by atoms with Crippen molar-refractivity contribution >= 4 is 23.2 Å². The van der Waals surface area contributed by atoms with Crippen LogP contribution in [0.25, 0.3) is 0 Å². The molecule has 0 bridgehead atoms. The number of hydrogen-bond acceptors (Lipinski definition) is 2. The molecular weight excluding hydrogens is 262 g/mol. The maximum atomic E-state index is 12.2. The lowest BCUT2D eigenvalue weighted by atomic mass is 10.1. The summed E-state index contributed by atoms with van der Waals surface area (Å²) >= 11 is 5.90. The predicted molar refractivity (Wildman–Crippen MR) is 77.0 cm³/mol. The van der Waals surface area contributed by atoms with E-state index >= 15 is 0 Å². The Morgan fingerprint density at radius 1 is 1.21 bits per heavy atom. The zero-order valence-electron chi connectivity index (χ0n) is 10.7. The predicted octanol–water partition coefficient (Wildman–Crippen LogP) is 3.91. The van der Waals surface area contributed by atoms with Gasteiger partial charge in [0.2, 0.25) is 0 Å². The maximum absolute atomic E-state index is 12.2. The molecule has 0 aromatic heterocycles. The molecule has 2 N–H and O–H groups in total. The Balaban J connectivity index is 2.31. The summed E-state index contributed by atoms with van der Waals surface area (Å²) in [4.78, 5) is 12.2. The summed E-state index contributed by atoms with van der Waals surface area (Å²) in [5.74, 6) is -0.0886. The molecule has 0 heterocycles. The molecule has 0 aliphatic rings. The van der Waals surface area contributed by atoms with Gasteiger partial charge in [-0.15, -0.1) is 0 Å². The topological polar surface area (TPSA) is 49.3 Å². The smallest absolute Gasteiger partial charge is 0.255 e. The Hall–Kier alpha value is -2.00. The summed E-state index contributed by atoms with van der Waals surface area (Å²) in [5.41, 5.74) is 2.59. The van der Waals surface area contributed by atoms with E-state index in [0.29, 0.717) is 21.8 Å². The number of aromatic hydroxyl groups is 1. The monoisotopic (exact) mass is 275 g/mol. The van der Waals surface area contributed by atoms with Crippen LogP contribution in [0.4, 0.5) is 5.69 Å². The van der Waals surface area contributed by atoms with E-state index in [1.165, 1.54) is 0 Å². The van der Waals surface area contributed by atoms with Gasteiger partial charge in [-0.25, -0.2) is 0 Å². The molecule has 4 heteroatoms. The zero-order chi connectivity index (χ0) is 14.0. The molecule has 2 rings (SSSR count). The first kappa shape index (κ1) is 13.4. The largest absolute Gasteiger partial charge is 0.508 e. The number of phenolic OH excluding ortho intramolecular Hbond substituents is 1. The number of carbonyl (C=O) groups is 1. The number of carbonyl (C=O) groups excluding carboxylic acids is 1. The van der Waals surface area contributed by atoms with Gasteiger partial charge in [-0.1, -0.05) is 23.7 Å². The summed E-state index contributed by atoms with van der Waals surface area (Å²) < 4.78 is 0. The molecule has 0 aliphatic carbocycles. The molecular formula is C15H14ClNO2. The number of nitrogens with one attached hydrogen (secondary N) is 1. The minimum absolute atomic E-state index is 0.153. The zero-order valence-corrected chi connectivity index (χ0v) is 11.5. The molecule has 98 valence electrons. The van der Waals surface area contributed by atoms with Crippen LogP contribution in [0.2, 0.25) is 5.02 Å². The van der Waals surface area contributed by atoms with E-state index in [1.54, 1.807) is 43.3 Å². The minimum Gasteiger partial charge on any atom is -0.508 e. The van der Waals surface area contributed by atoms with E-state index in [-0.39, 0.29) is 11.7 Å². The van der Waals surface area contributed by atoms with E-state index < -0.39 is 0 Å². The second-order valence-corrected chi connectivity index (χ2v) is 4.80. The molecule has 2 aromatic carbocycles. The van der Waals surface area contributed by atoms with Crippen molar-refractivity contribution in [3.8, 4) is 5.75 Å². The number of amides is 1. The standard InChI is InChI=1S/C15H14ClNO2/c1-9-6-7-11(16)8-12(9)15(19)17-13-4-3-5-14(18)10(13)2/h3-8,18H,1-2H3,(H,17,19). The van der Waals surface area contributed by atoms with E-state index in [0.717, 1.165) is 5.56 Å². The van der Waals surface area contributed by atoms with Crippen molar-refractivity contribution in [2.75, 3.05) is 5.32 Å². The lowest BCUT2D eigenvalue weighted by Gasteiger charge is -2.11. The summed E-state index contributed by atoms with van der Waals surface area (Å²) in [6, 6.07) is 10.2. The molecule has 0 unspecified atom stereocenters. The van der Waals surface area contributed by atoms with Crippen LogP contribution >= 0.6 is 11.6 Å². The third-order valence-electron chi connectivity index (χ3n) is 3.00. The molecule has 3 nitrogen and oxygen atoms in total. The van der Waals surface area contributed by atoms with Crippen LogP contribution in [-0.2, 0) is 0 Å². The van der Waals surface area contributed by atoms with Crippen molar-refractivity contribution < 1.29 is 9.90 Å². The van der Waals surface area contributed by atoms with Crippen molar-refractivity contribution in [3.63, 3.8) is 0 Å². The van der Waals surface area contributed by atoms with Crippen LogP contribution in [0.5, 0.6) is 5.75 Å². The Kier molecular flexibility index (Phi) is 3.76. The second kappa shape index (κ2) is 5.33. The van der Waals surface area contributed by atoms with Crippen molar-refractivity contribution in [1.29, 1.82) is 0 Å². The Labute approximate surface area is 116 Å². The molecule has 1 amide bonds. The number of halogens is 1. The quantitative estimate of drug-likeness (QED) is 0.873. The SMILES string of the molecule is Cc1ccc(Cl)cc1C(=O)Nc1cccc(O)c1C. The average Bonchev–Trinajstić information content (AvgIpc) is 2.38. The number of benzene rings is 2. The van der Waals surface area contributed by atoms with E-state index in [1.807, 2.05) is 6.92 Å². The van der Waals surface area contributed by atoms with Gasteiger partial charge in [-0.05, 0) is 43.7 Å². The van der Waals surface area contributed by atoms with E-state index in [4.69, 9.17) is 11.6 Å². The van der Waals surface area contributed by atoms with Gasteiger partial charge in [0.25, 0.3) is 5.91 Å². The molecule has 0 spiro atoms. The fraction of sp³-hybridized carbons (Fsp3) is 0.133. The molecule has 0 fully saturated rings. The summed E-state index contributed by atoms with van der Waals surface area (Å²) in [6.07, 6.45) is 0. The molecule has 0 radical (unpaired) electrons. The van der Waals surface area contributed by atoms with Crippen LogP contribution in [0.1, 0.15) is 21.5 Å². The van der Waals surface area contributed by atoms with Crippen LogP contribution in [-0.4, -0.2) is 11.0 Å². The highest BCUT2D eigenvalue weighted by molar-refractivity contribution is 6.31. The Morgan fingerprint density at radius 3 is 2.68 bits per heavy atom. The Bertz CT molecular complexity index is 638. The number of hydrogen-bond donors (Lipinski definition) is 2. The Morgan fingerprint density at radius 2 is 1.95 bits per heavy atom. The molecule has 19 heavy (non-hydrogen) atoms. The minimum atomic E-state index is -0.242. The van der Waals surface area contributed by atoms with E-state index in [9.17, 15) is 9.90 Å². The first-order chi connectivity index (χ1) is 8.99. The van der Waals surface area contributed by atoms with Gasteiger partial charge in [-0.3, -0.25) is 4.79 Å². The third kappa shape index (κ3) is 2.88. The van der Waals surface area contributed by atoms with Crippen LogP contribution in [0.15, 0.2) is 36.4 Å². The fourth-order valence-electron chi connectivity index (χ4n) is 1.79. The summed E-state index contributed by atoms with van der Waals surface area (Å²) in [7, 11) is 0. The number of aryl methyl sites for hydroxylation is 1. The molecule has 0 atom stereocenters. The number of rotatable bonds is 2. The number of phenols is 1. The lowest BCUT2D eigenvalue weighted by Crippen LogP contribution is -2.14. The van der Waals surface area contributed by atoms with Gasteiger partial charge in [0, 0.05) is 21.8 Å². The molecule has 0 aliphatic heterocycles. The normalized spacial score (nSPS) is 10.3. The summed E-state index contributed by atoms with van der Waals surface area (Å²) in [6.45, 7) is 3.59. The highest BCUT2D eigenvalue weighted by Crippen LogP contribution is 2.25. The third-order valence-corrected chi connectivity index (χ3v) is 3.23. The average molecular weight is 276 g/mol. The van der Waals surface area contributed by atoms with Gasteiger partial charge in [0.05, 0.1) is 0 Å². The fourth-order valence-corrected chi connectivity index (χ4v) is 1.96. The molecule has 2 aromatic rings. The van der Waals surface area contributed by atoms with Crippen LogP contribution in [0.3, 0.4) is 0 Å². The van der Waals surface area contributed by atoms with Gasteiger partial charge in [-0.2, -0.15) is 0 Å². The number of anilines is 1. The van der Waals surface area contributed by atoms with Crippen LogP contribution in [0, 0.1) is 13.8 Å². The molecule has 0 saturated carbocycles. The first-order valence-corrected chi connectivity index (χ1v) is 6.23. The van der Waals surface area contributed by atoms with Crippen molar-refractivity contribution in [2.45, 2.75) is 13.8 Å². The van der Waals surface area contributed by atoms with Gasteiger partial charge in [0.1, 0.15) is 5.75 Å². The van der Waals surface area contributed by atoms with E-state index in [2.05, 4.69) is 5.32 Å². The van der Waals surface area contributed by atoms with Crippen molar-refractivity contribution in [2.24, 2.45) is 0 Å². The van der Waals surface area contributed by atoms with Gasteiger partial charge < -0.3 is 10.4 Å². The maximum Gasteiger partial charge on any atom is 0.255 e. The second-order valence-electron chi connectivity index (χ2n) is 4.36. The first-order valence-electron chi connectivity index (χ1n) is 5.85. The summed E-state index contributed by atoms with van der Waals surface area (Å²) in [5, 5.41) is 12.9. The highest BCUT2D eigenvalue weighted by Gasteiger charge is 2.12.